The second-order valence-electron chi connectivity index (χ2n) is 9.70. The lowest BCUT2D eigenvalue weighted by Gasteiger charge is -2.48. The number of benzene rings is 1. The van der Waals surface area contributed by atoms with Gasteiger partial charge in [0.2, 0.25) is 11.8 Å². The molecule has 3 heterocycles. The first-order valence-corrected chi connectivity index (χ1v) is 13.1. The summed E-state index contributed by atoms with van der Waals surface area (Å²) in [5.74, 6) is -0.825. The minimum atomic E-state index is -0.733. The van der Waals surface area contributed by atoms with Crippen molar-refractivity contribution in [2.24, 2.45) is 5.73 Å². The number of nitrogens with zero attached hydrogens (tertiary/aromatic N) is 2. The summed E-state index contributed by atoms with van der Waals surface area (Å²) in [6.07, 6.45) is 6.50. The van der Waals surface area contributed by atoms with Gasteiger partial charge in [0.25, 0.3) is 11.8 Å². The minimum absolute atomic E-state index is 0.00614. The van der Waals surface area contributed by atoms with Crippen molar-refractivity contribution in [2.45, 2.75) is 70.4 Å². The number of rotatable bonds is 6. The Balaban J connectivity index is 1.28. The monoisotopic (exact) mass is 494 g/mol. The number of carbonyl (C=O) groups is 4. The largest absolute Gasteiger partial charge is 0.365 e. The van der Waals surface area contributed by atoms with Crippen LogP contribution in [0.25, 0.3) is 0 Å². The molecule has 1 aliphatic carbocycles. The molecule has 2 aliphatic heterocycles. The Morgan fingerprint density at radius 3 is 2.69 bits per heavy atom. The van der Waals surface area contributed by atoms with Gasteiger partial charge >= 0.3 is 0 Å². The van der Waals surface area contributed by atoms with E-state index in [0.717, 1.165) is 42.5 Å². The fourth-order valence-corrected chi connectivity index (χ4v) is 7.03. The Morgan fingerprint density at radius 1 is 1.11 bits per heavy atom. The molecule has 0 bridgehead atoms. The molecule has 9 heteroatoms. The molecule has 35 heavy (non-hydrogen) atoms. The molecule has 1 aromatic carbocycles. The quantitative estimate of drug-likeness (QED) is 0.594. The summed E-state index contributed by atoms with van der Waals surface area (Å²) in [5.41, 5.74) is 7.56. The van der Waals surface area contributed by atoms with Crippen LogP contribution in [-0.4, -0.2) is 40.7 Å². The average Bonchev–Trinajstić information content (AvgIpc) is 3.22. The van der Waals surface area contributed by atoms with Gasteiger partial charge in [0.1, 0.15) is 10.7 Å². The highest BCUT2D eigenvalue weighted by molar-refractivity contribution is 7.17. The van der Waals surface area contributed by atoms with Gasteiger partial charge in [0.15, 0.2) is 0 Å². The van der Waals surface area contributed by atoms with Gasteiger partial charge in [-0.15, -0.1) is 11.3 Å². The molecule has 8 nitrogen and oxygen atoms in total. The predicted octanol–water partition coefficient (Wildman–Crippen LogP) is 3.83. The molecule has 0 radical (unpaired) electrons. The lowest BCUT2D eigenvalue weighted by atomic mass is 9.98. The van der Waals surface area contributed by atoms with Gasteiger partial charge in [-0.25, -0.2) is 0 Å². The molecule has 184 valence electrons. The van der Waals surface area contributed by atoms with Gasteiger partial charge in [-0.1, -0.05) is 18.6 Å². The third kappa shape index (κ3) is 4.01. The van der Waals surface area contributed by atoms with Crippen molar-refractivity contribution < 1.29 is 19.2 Å². The fraction of sp³-hybridized carbons (Fsp3) is 0.462. The number of nitrogens with one attached hydrogen (secondary N) is 1. The van der Waals surface area contributed by atoms with E-state index in [-0.39, 0.29) is 24.1 Å². The Morgan fingerprint density at radius 2 is 1.89 bits per heavy atom. The summed E-state index contributed by atoms with van der Waals surface area (Å²) in [6.45, 7) is 2.27. The molecule has 3 N–H and O–H groups in total. The molecule has 0 saturated carbocycles. The zero-order valence-corrected chi connectivity index (χ0v) is 20.7. The highest BCUT2D eigenvalue weighted by Gasteiger charge is 2.52. The van der Waals surface area contributed by atoms with Crippen LogP contribution in [0.4, 0.5) is 10.7 Å². The summed E-state index contributed by atoms with van der Waals surface area (Å²) < 4.78 is 0. The van der Waals surface area contributed by atoms with E-state index in [4.69, 9.17) is 5.73 Å². The van der Waals surface area contributed by atoms with Gasteiger partial charge in [-0.2, -0.15) is 0 Å². The zero-order valence-electron chi connectivity index (χ0n) is 19.9. The van der Waals surface area contributed by atoms with E-state index >= 15 is 0 Å². The highest BCUT2D eigenvalue weighted by atomic mass is 32.1. The van der Waals surface area contributed by atoms with Gasteiger partial charge in [0, 0.05) is 24.3 Å². The third-order valence-corrected chi connectivity index (χ3v) is 8.66. The number of amides is 4. The molecule has 1 saturated heterocycles. The molecule has 1 atom stereocenters. The molecule has 3 aliphatic rings. The van der Waals surface area contributed by atoms with Gasteiger partial charge in [-0.05, 0) is 63.1 Å². The van der Waals surface area contributed by atoms with Crippen LogP contribution in [0.3, 0.4) is 0 Å². The Bertz CT molecular complexity index is 1220. The summed E-state index contributed by atoms with van der Waals surface area (Å²) in [4.78, 5) is 55.6. The third-order valence-electron chi connectivity index (χ3n) is 7.45. The van der Waals surface area contributed by atoms with Gasteiger partial charge in [0.05, 0.1) is 16.8 Å². The first-order chi connectivity index (χ1) is 16.8. The summed E-state index contributed by atoms with van der Waals surface area (Å²) in [5, 5.41) is 3.45. The van der Waals surface area contributed by atoms with Crippen molar-refractivity contribution in [3.05, 3.63) is 45.8 Å². The van der Waals surface area contributed by atoms with E-state index in [1.54, 1.807) is 21.9 Å². The maximum absolute atomic E-state index is 13.3. The molecule has 2 aromatic rings. The molecule has 1 fully saturated rings. The highest BCUT2D eigenvalue weighted by Crippen LogP contribution is 2.44. The predicted molar refractivity (Wildman–Crippen MR) is 135 cm³/mol. The molecule has 5 rings (SSSR count). The van der Waals surface area contributed by atoms with E-state index < -0.39 is 11.6 Å². The molecular formula is C26H30N4O4S. The van der Waals surface area contributed by atoms with E-state index in [9.17, 15) is 19.2 Å². The number of para-hydroxylation sites is 1. The van der Waals surface area contributed by atoms with Crippen molar-refractivity contribution in [3.8, 4) is 0 Å². The van der Waals surface area contributed by atoms with Crippen LogP contribution in [0, 0.1) is 0 Å². The molecule has 1 unspecified atom stereocenters. The average molecular weight is 495 g/mol. The summed E-state index contributed by atoms with van der Waals surface area (Å²) >= 11 is 1.46. The first kappa shape index (κ1) is 23.5. The lowest BCUT2D eigenvalue weighted by Crippen LogP contribution is -2.62. The van der Waals surface area contributed by atoms with Crippen molar-refractivity contribution in [1.29, 1.82) is 0 Å². The van der Waals surface area contributed by atoms with Crippen LogP contribution in [0.1, 0.15) is 83.0 Å². The number of thiophene rings is 1. The number of hydrogen-bond donors (Lipinski definition) is 2. The van der Waals surface area contributed by atoms with Crippen molar-refractivity contribution in [1.82, 2.24) is 4.90 Å². The first-order valence-electron chi connectivity index (χ1n) is 12.3. The lowest BCUT2D eigenvalue weighted by molar-refractivity contribution is -0.118. The van der Waals surface area contributed by atoms with Crippen LogP contribution in [-0.2, 0) is 22.4 Å². The SMILES string of the molecule is CC12CCC(=O)N1c1ccccc1C(=O)N2CCCC(=O)Nc1sc2c(c1C(N)=O)CCCCC2. The van der Waals surface area contributed by atoms with Crippen LogP contribution in [0.5, 0.6) is 0 Å². The minimum Gasteiger partial charge on any atom is -0.365 e. The van der Waals surface area contributed by atoms with E-state index in [1.165, 1.54) is 11.3 Å². The molecule has 1 aromatic heterocycles. The number of carbonyl (C=O) groups excluding carboxylic acids is 4. The Hall–Kier alpha value is -3.20. The second-order valence-corrected chi connectivity index (χ2v) is 10.8. The maximum atomic E-state index is 13.3. The van der Waals surface area contributed by atoms with Crippen LogP contribution < -0.4 is 16.0 Å². The Kier molecular flexibility index (Phi) is 6.13. The van der Waals surface area contributed by atoms with E-state index in [2.05, 4.69) is 5.32 Å². The number of aryl methyl sites for hydroxylation is 1. The smallest absolute Gasteiger partial charge is 0.257 e. The van der Waals surface area contributed by atoms with Crippen molar-refractivity contribution in [2.75, 3.05) is 16.8 Å². The van der Waals surface area contributed by atoms with Gasteiger partial charge in [-0.3, -0.25) is 24.1 Å². The summed E-state index contributed by atoms with van der Waals surface area (Å²) in [7, 11) is 0. The van der Waals surface area contributed by atoms with E-state index in [0.29, 0.717) is 47.6 Å². The van der Waals surface area contributed by atoms with Crippen molar-refractivity contribution >= 4 is 45.7 Å². The van der Waals surface area contributed by atoms with Crippen LogP contribution >= 0.6 is 11.3 Å². The van der Waals surface area contributed by atoms with Crippen LogP contribution in [0.15, 0.2) is 24.3 Å². The number of nitrogens with two attached hydrogens (primary N) is 1. The van der Waals surface area contributed by atoms with Crippen molar-refractivity contribution in [3.63, 3.8) is 0 Å². The Labute approximate surface area is 208 Å². The number of hydrogen-bond acceptors (Lipinski definition) is 5. The topological polar surface area (TPSA) is 113 Å². The second kappa shape index (κ2) is 9.11. The number of anilines is 2. The number of fused-ring (bicyclic) bond motifs is 4. The number of primary amides is 1. The standard InChI is InChI=1S/C26H30N4O4S/c1-26-14-13-21(32)30(26)18-10-6-5-8-16(18)25(34)29(26)15-7-12-20(31)28-24-22(23(27)33)17-9-3-2-4-11-19(17)35-24/h5-6,8,10H,2-4,7,9,11-15H2,1H3,(H2,27,33)(H,28,31). The normalized spacial score (nSPS) is 21.3. The molecule has 0 spiro atoms. The molecule has 4 amide bonds. The summed E-state index contributed by atoms with van der Waals surface area (Å²) in [6, 6.07) is 7.19. The maximum Gasteiger partial charge on any atom is 0.257 e. The van der Waals surface area contributed by atoms with Gasteiger partial charge < -0.3 is 16.0 Å². The fourth-order valence-electron chi connectivity index (χ4n) is 5.72. The molecular weight excluding hydrogens is 464 g/mol. The van der Waals surface area contributed by atoms with Crippen LogP contribution in [0.2, 0.25) is 0 Å². The van der Waals surface area contributed by atoms with E-state index in [1.807, 2.05) is 19.1 Å². The zero-order chi connectivity index (χ0) is 24.7.